The van der Waals surface area contributed by atoms with Crippen LogP contribution in [0.5, 0.6) is 0 Å². The summed E-state index contributed by atoms with van der Waals surface area (Å²) < 4.78 is 1.79. The number of aryl methyl sites for hydroxylation is 3. The van der Waals surface area contributed by atoms with Gasteiger partial charge >= 0.3 is 0 Å². The van der Waals surface area contributed by atoms with Gasteiger partial charge in [-0.1, -0.05) is 24.3 Å². The molecule has 1 aliphatic rings. The fraction of sp³-hybridized carbons (Fsp3) is 0.316. The molecule has 0 radical (unpaired) electrons. The van der Waals surface area contributed by atoms with E-state index < -0.39 is 0 Å². The Kier molecular flexibility index (Phi) is 3.76. The van der Waals surface area contributed by atoms with Crippen molar-refractivity contribution < 1.29 is 0 Å². The monoisotopic (exact) mass is 319 g/mol. The maximum Gasteiger partial charge on any atom is 0.223 e. The van der Waals surface area contributed by atoms with Crippen LogP contribution in [0.15, 0.2) is 42.9 Å². The van der Waals surface area contributed by atoms with Crippen molar-refractivity contribution in [2.45, 2.75) is 32.2 Å². The zero-order valence-corrected chi connectivity index (χ0v) is 14.0. The number of anilines is 1. The molecule has 2 heterocycles. The number of aromatic nitrogens is 4. The number of hydrogen-bond acceptors (Lipinski definition) is 4. The number of rotatable bonds is 3. The third-order valence-corrected chi connectivity index (χ3v) is 4.62. The van der Waals surface area contributed by atoms with Gasteiger partial charge in [0.1, 0.15) is 0 Å². The van der Waals surface area contributed by atoms with Crippen LogP contribution >= 0.6 is 0 Å². The van der Waals surface area contributed by atoms with Gasteiger partial charge in [0, 0.05) is 25.0 Å². The average molecular weight is 319 g/mol. The highest BCUT2D eigenvalue weighted by molar-refractivity contribution is 5.62. The van der Waals surface area contributed by atoms with E-state index >= 15 is 0 Å². The molecule has 0 unspecified atom stereocenters. The van der Waals surface area contributed by atoms with E-state index in [4.69, 9.17) is 4.98 Å². The lowest BCUT2D eigenvalue weighted by Crippen LogP contribution is -2.18. The molecule has 3 aromatic rings. The molecule has 5 heteroatoms. The molecule has 2 aromatic heterocycles. The summed E-state index contributed by atoms with van der Waals surface area (Å²) in [5, 5.41) is 7.78. The lowest BCUT2D eigenvalue weighted by Gasteiger charge is -2.26. The van der Waals surface area contributed by atoms with E-state index in [2.05, 4.69) is 39.7 Å². The minimum atomic E-state index is 0.277. The molecule has 0 bridgehead atoms. The first-order chi connectivity index (χ1) is 11.7. The number of nitrogens with one attached hydrogen (secondary N) is 1. The van der Waals surface area contributed by atoms with E-state index in [-0.39, 0.29) is 6.04 Å². The number of nitrogens with zero attached hydrogens (tertiary/aromatic N) is 4. The van der Waals surface area contributed by atoms with Crippen LogP contribution in [-0.2, 0) is 13.5 Å². The van der Waals surface area contributed by atoms with Crippen LogP contribution in [0.2, 0.25) is 0 Å². The largest absolute Gasteiger partial charge is 0.347 e. The van der Waals surface area contributed by atoms with Crippen LogP contribution in [0, 0.1) is 6.92 Å². The zero-order valence-electron chi connectivity index (χ0n) is 14.0. The number of benzene rings is 1. The predicted octanol–water partition coefficient (Wildman–Crippen LogP) is 3.68. The molecule has 122 valence electrons. The van der Waals surface area contributed by atoms with Crippen LogP contribution in [0.1, 0.15) is 35.6 Å². The van der Waals surface area contributed by atoms with Crippen molar-refractivity contribution in [2.75, 3.05) is 5.32 Å². The van der Waals surface area contributed by atoms with Gasteiger partial charge < -0.3 is 5.32 Å². The Morgan fingerprint density at radius 3 is 2.92 bits per heavy atom. The fourth-order valence-corrected chi connectivity index (χ4v) is 3.41. The molecule has 1 aliphatic carbocycles. The van der Waals surface area contributed by atoms with Crippen molar-refractivity contribution in [2.24, 2.45) is 7.05 Å². The lowest BCUT2D eigenvalue weighted by molar-refractivity contribution is 0.596. The summed E-state index contributed by atoms with van der Waals surface area (Å²) in [6, 6.07) is 8.93. The smallest absolute Gasteiger partial charge is 0.223 e. The summed E-state index contributed by atoms with van der Waals surface area (Å²) in [6.07, 6.45) is 9.16. The Balaban J connectivity index is 1.64. The van der Waals surface area contributed by atoms with Crippen LogP contribution in [-0.4, -0.2) is 19.7 Å². The van der Waals surface area contributed by atoms with Crippen molar-refractivity contribution in [3.63, 3.8) is 0 Å². The first kappa shape index (κ1) is 14.9. The highest BCUT2D eigenvalue weighted by Crippen LogP contribution is 2.32. The molecule has 0 spiro atoms. The molecule has 5 nitrogen and oxygen atoms in total. The first-order valence-electron chi connectivity index (χ1n) is 8.38. The minimum absolute atomic E-state index is 0.277. The maximum atomic E-state index is 4.75. The van der Waals surface area contributed by atoms with E-state index in [1.54, 1.807) is 4.68 Å². The van der Waals surface area contributed by atoms with Gasteiger partial charge in [-0.25, -0.2) is 9.97 Å². The molecule has 24 heavy (non-hydrogen) atoms. The summed E-state index contributed by atoms with van der Waals surface area (Å²) in [6.45, 7) is 2.03. The van der Waals surface area contributed by atoms with Gasteiger partial charge in [-0.15, -0.1) is 0 Å². The summed E-state index contributed by atoms with van der Waals surface area (Å²) in [5.41, 5.74) is 5.81. The van der Waals surface area contributed by atoms with Gasteiger partial charge in [0.15, 0.2) is 0 Å². The Morgan fingerprint density at radius 1 is 1.21 bits per heavy atom. The third-order valence-electron chi connectivity index (χ3n) is 4.62. The first-order valence-corrected chi connectivity index (χ1v) is 8.38. The second-order valence-electron chi connectivity index (χ2n) is 6.42. The van der Waals surface area contributed by atoms with Crippen LogP contribution < -0.4 is 5.32 Å². The molecule has 0 amide bonds. The summed E-state index contributed by atoms with van der Waals surface area (Å²) in [5.74, 6) is 0.682. The molecule has 1 atom stereocenters. The molecule has 1 aromatic carbocycles. The number of hydrogen-bond donors (Lipinski definition) is 1. The Morgan fingerprint density at radius 2 is 2.08 bits per heavy atom. The van der Waals surface area contributed by atoms with Gasteiger partial charge in [-0.3, -0.25) is 4.68 Å². The van der Waals surface area contributed by atoms with Crippen LogP contribution in [0.4, 0.5) is 5.95 Å². The van der Waals surface area contributed by atoms with Crippen LogP contribution in [0.3, 0.4) is 0 Å². The maximum absolute atomic E-state index is 4.75. The highest BCUT2D eigenvalue weighted by atomic mass is 15.2. The SMILES string of the molecule is Cc1cnc(N[C@H]2CCCc3ccccc32)nc1-c1cnn(C)c1. The third kappa shape index (κ3) is 2.77. The molecular formula is C19H21N5. The molecule has 0 aliphatic heterocycles. The lowest BCUT2D eigenvalue weighted by atomic mass is 9.88. The quantitative estimate of drug-likeness (QED) is 0.800. The Labute approximate surface area is 141 Å². The second kappa shape index (κ2) is 6.07. The van der Waals surface area contributed by atoms with Crippen LogP contribution in [0.25, 0.3) is 11.3 Å². The van der Waals surface area contributed by atoms with Crippen molar-refractivity contribution in [3.05, 3.63) is 59.5 Å². The summed E-state index contributed by atoms with van der Waals surface area (Å²) in [4.78, 5) is 9.24. The normalized spacial score (nSPS) is 16.7. The Bertz CT molecular complexity index is 868. The Hall–Kier alpha value is -2.69. The van der Waals surface area contributed by atoms with E-state index in [0.717, 1.165) is 29.7 Å². The summed E-state index contributed by atoms with van der Waals surface area (Å²) >= 11 is 0. The van der Waals surface area contributed by atoms with E-state index in [9.17, 15) is 0 Å². The minimum Gasteiger partial charge on any atom is -0.347 e. The predicted molar refractivity (Wildman–Crippen MR) is 94.7 cm³/mol. The van der Waals surface area contributed by atoms with Crippen molar-refractivity contribution in [1.29, 1.82) is 0 Å². The zero-order chi connectivity index (χ0) is 16.5. The van der Waals surface area contributed by atoms with E-state index in [0.29, 0.717) is 5.95 Å². The van der Waals surface area contributed by atoms with Crippen molar-refractivity contribution in [1.82, 2.24) is 19.7 Å². The standard InChI is InChI=1S/C19H21N5/c1-13-10-20-19(23-18(13)15-11-21-24(2)12-15)22-17-9-5-7-14-6-3-4-8-16(14)17/h3-4,6,8,10-12,17H,5,7,9H2,1-2H3,(H,20,22,23)/t17-/m0/s1. The number of fused-ring (bicyclic) bond motifs is 1. The molecule has 4 rings (SSSR count). The molecule has 0 saturated heterocycles. The molecule has 1 N–H and O–H groups in total. The second-order valence-corrected chi connectivity index (χ2v) is 6.42. The molecule has 0 fully saturated rings. The fourth-order valence-electron chi connectivity index (χ4n) is 3.41. The molecule has 0 saturated carbocycles. The van der Waals surface area contributed by atoms with E-state index in [1.807, 2.05) is 32.6 Å². The van der Waals surface area contributed by atoms with Gasteiger partial charge in [-0.2, -0.15) is 5.10 Å². The van der Waals surface area contributed by atoms with Gasteiger partial charge in [0.05, 0.1) is 17.9 Å². The van der Waals surface area contributed by atoms with E-state index in [1.165, 1.54) is 17.5 Å². The highest BCUT2D eigenvalue weighted by Gasteiger charge is 2.20. The molecular weight excluding hydrogens is 298 g/mol. The van der Waals surface area contributed by atoms with Gasteiger partial charge in [-0.05, 0) is 42.9 Å². The topological polar surface area (TPSA) is 55.6 Å². The van der Waals surface area contributed by atoms with Gasteiger partial charge in [0.25, 0.3) is 0 Å². The van der Waals surface area contributed by atoms with Gasteiger partial charge in [0.2, 0.25) is 5.95 Å². The van der Waals surface area contributed by atoms with Crippen molar-refractivity contribution >= 4 is 5.95 Å². The average Bonchev–Trinajstić information content (AvgIpc) is 3.03. The summed E-state index contributed by atoms with van der Waals surface area (Å²) in [7, 11) is 1.91. The van der Waals surface area contributed by atoms with Crippen molar-refractivity contribution in [3.8, 4) is 11.3 Å².